The number of carbonyl (C=O) groups is 2. The molecule has 0 bridgehead atoms. The Balaban J connectivity index is 1.26. The van der Waals surface area contributed by atoms with Gasteiger partial charge < -0.3 is 14.5 Å². The Bertz CT molecular complexity index is 1020. The molecule has 2 aromatic heterocycles. The number of nitrogens with zero attached hydrogens (tertiary/aromatic N) is 4. The lowest BCUT2D eigenvalue weighted by atomic mass is 9.96. The number of thiazole rings is 1. The molecule has 0 unspecified atom stereocenters. The fourth-order valence-electron chi connectivity index (χ4n) is 3.87. The zero-order chi connectivity index (χ0) is 24.3. The standard InChI is InChI=1S/C21H25F3N6O3S/c1-13-17(34-20(26-13)30-8-10-33-11-9-30)19(32)28-27-18(31)14-4-6-29(7-5-14)16-3-2-15(12-25-16)21(22,23)24/h2-3,12,14H,4-11H2,1H3,(H,27,31)(H,28,32). The topological polar surface area (TPSA) is 99.7 Å². The minimum Gasteiger partial charge on any atom is -0.378 e. The van der Waals surface area contributed by atoms with E-state index in [9.17, 15) is 22.8 Å². The summed E-state index contributed by atoms with van der Waals surface area (Å²) in [6.07, 6.45) is -2.63. The summed E-state index contributed by atoms with van der Waals surface area (Å²) >= 11 is 1.27. The smallest absolute Gasteiger partial charge is 0.378 e. The quantitative estimate of drug-likeness (QED) is 0.625. The van der Waals surface area contributed by atoms with Crippen molar-refractivity contribution in [3.8, 4) is 0 Å². The van der Waals surface area contributed by atoms with Gasteiger partial charge in [-0.2, -0.15) is 13.2 Å². The number of halogens is 3. The highest BCUT2D eigenvalue weighted by Crippen LogP contribution is 2.30. The molecule has 2 aliphatic rings. The van der Waals surface area contributed by atoms with E-state index in [2.05, 4.69) is 25.7 Å². The zero-order valence-corrected chi connectivity index (χ0v) is 19.3. The van der Waals surface area contributed by atoms with Gasteiger partial charge >= 0.3 is 6.18 Å². The van der Waals surface area contributed by atoms with Gasteiger partial charge in [-0.15, -0.1) is 0 Å². The molecule has 0 spiro atoms. The number of alkyl halides is 3. The van der Waals surface area contributed by atoms with Crippen molar-refractivity contribution in [1.82, 2.24) is 20.8 Å². The number of nitrogens with one attached hydrogen (secondary N) is 2. The van der Waals surface area contributed by atoms with Gasteiger partial charge in [0.05, 0.1) is 24.5 Å². The summed E-state index contributed by atoms with van der Waals surface area (Å²) in [5.41, 5.74) is 4.76. The summed E-state index contributed by atoms with van der Waals surface area (Å²) in [7, 11) is 0. The molecule has 2 saturated heterocycles. The highest BCUT2D eigenvalue weighted by molar-refractivity contribution is 7.17. The van der Waals surface area contributed by atoms with Gasteiger partial charge in [0.1, 0.15) is 10.7 Å². The Morgan fingerprint density at radius 3 is 2.41 bits per heavy atom. The predicted octanol–water partition coefficient (Wildman–Crippen LogP) is 2.38. The van der Waals surface area contributed by atoms with Crippen LogP contribution in [0.25, 0.3) is 0 Å². The van der Waals surface area contributed by atoms with Crippen LogP contribution in [0.5, 0.6) is 0 Å². The van der Waals surface area contributed by atoms with Gasteiger partial charge in [-0.1, -0.05) is 11.3 Å². The average Bonchev–Trinajstić information content (AvgIpc) is 3.24. The number of morpholine rings is 1. The fraction of sp³-hybridized carbons (Fsp3) is 0.524. The Hall–Kier alpha value is -2.93. The Kier molecular flexibility index (Phi) is 7.22. The van der Waals surface area contributed by atoms with Crippen molar-refractivity contribution in [2.24, 2.45) is 5.92 Å². The lowest BCUT2D eigenvalue weighted by Gasteiger charge is -2.32. The molecule has 2 amide bonds. The number of piperidine rings is 1. The van der Waals surface area contributed by atoms with Crippen molar-refractivity contribution >= 4 is 34.1 Å². The SMILES string of the molecule is Cc1nc(N2CCOCC2)sc1C(=O)NNC(=O)C1CCN(c2ccc(C(F)(F)F)cn2)CC1. The van der Waals surface area contributed by atoms with Crippen molar-refractivity contribution in [2.75, 3.05) is 49.2 Å². The first-order chi connectivity index (χ1) is 16.2. The maximum Gasteiger partial charge on any atom is 0.417 e. The normalized spacial score (nSPS) is 17.5. The zero-order valence-electron chi connectivity index (χ0n) is 18.5. The molecule has 2 fully saturated rings. The van der Waals surface area contributed by atoms with E-state index in [1.54, 1.807) is 6.92 Å². The van der Waals surface area contributed by atoms with Crippen LogP contribution in [-0.4, -0.2) is 61.2 Å². The first-order valence-corrected chi connectivity index (χ1v) is 11.7. The third kappa shape index (κ3) is 5.58. The maximum atomic E-state index is 12.7. The van der Waals surface area contributed by atoms with Gasteiger partial charge in [0.2, 0.25) is 5.91 Å². The molecule has 0 aromatic carbocycles. The summed E-state index contributed by atoms with van der Waals surface area (Å²) in [4.78, 5) is 37.9. The first-order valence-electron chi connectivity index (χ1n) is 10.9. The number of hydrogen-bond acceptors (Lipinski definition) is 8. The van der Waals surface area contributed by atoms with Gasteiger partial charge in [-0.25, -0.2) is 9.97 Å². The third-order valence-electron chi connectivity index (χ3n) is 5.84. The van der Waals surface area contributed by atoms with Crippen molar-refractivity contribution < 1.29 is 27.5 Å². The molecular weight excluding hydrogens is 473 g/mol. The summed E-state index contributed by atoms with van der Waals surface area (Å²) < 4.78 is 43.5. The van der Waals surface area contributed by atoms with Crippen molar-refractivity contribution in [3.63, 3.8) is 0 Å². The summed E-state index contributed by atoms with van der Waals surface area (Å²) in [6, 6.07) is 2.34. The number of hydrazine groups is 1. The largest absolute Gasteiger partial charge is 0.417 e. The van der Waals surface area contributed by atoms with Gasteiger partial charge in [-0.3, -0.25) is 20.4 Å². The molecule has 9 nitrogen and oxygen atoms in total. The summed E-state index contributed by atoms with van der Waals surface area (Å²) in [6.45, 7) is 5.36. The molecule has 4 rings (SSSR count). The molecule has 2 aliphatic heterocycles. The minimum atomic E-state index is -4.43. The van der Waals surface area contributed by atoms with Crippen LogP contribution in [0.4, 0.5) is 24.1 Å². The van der Waals surface area contributed by atoms with Crippen LogP contribution in [-0.2, 0) is 15.7 Å². The highest BCUT2D eigenvalue weighted by Gasteiger charge is 2.31. The molecule has 184 valence electrons. The van der Waals surface area contributed by atoms with Gasteiger partial charge in [0.15, 0.2) is 5.13 Å². The summed E-state index contributed by atoms with van der Waals surface area (Å²) in [5.74, 6) is -0.604. The van der Waals surface area contributed by atoms with E-state index < -0.39 is 17.6 Å². The number of pyridine rings is 1. The van der Waals surface area contributed by atoms with Gasteiger partial charge in [0, 0.05) is 38.3 Å². The monoisotopic (exact) mass is 498 g/mol. The summed E-state index contributed by atoms with van der Waals surface area (Å²) in [5, 5.41) is 0.751. The van der Waals surface area contributed by atoms with Crippen LogP contribution in [0.2, 0.25) is 0 Å². The van der Waals surface area contributed by atoms with Crippen LogP contribution < -0.4 is 20.7 Å². The van der Waals surface area contributed by atoms with Crippen LogP contribution in [0.15, 0.2) is 18.3 Å². The number of ether oxygens (including phenoxy) is 1. The Morgan fingerprint density at radius 1 is 1.09 bits per heavy atom. The van der Waals surface area contributed by atoms with Crippen molar-refractivity contribution in [2.45, 2.75) is 25.9 Å². The molecule has 2 N–H and O–H groups in total. The van der Waals surface area contributed by atoms with E-state index in [-0.39, 0.29) is 11.8 Å². The minimum absolute atomic E-state index is 0.302. The number of aryl methyl sites for hydroxylation is 1. The van der Waals surface area contributed by atoms with Crippen LogP contribution in [0.3, 0.4) is 0 Å². The molecule has 0 saturated carbocycles. The number of anilines is 2. The number of carbonyl (C=O) groups excluding carboxylic acids is 2. The van der Waals surface area contributed by atoms with Crippen LogP contribution >= 0.6 is 11.3 Å². The Labute approximate surface area is 198 Å². The second-order valence-corrected chi connectivity index (χ2v) is 9.10. The van der Waals surface area contributed by atoms with Gasteiger partial charge in [0.25, 0.3) is 5.91 Å². The van der Waals surface area contributed by atoms with E-state index in [1.807, 2.05) is 4.90 Å². The second-order valence-electron chi connectivity index (χ2n) is 8.12. The van der Waals surface area contributed by atoms with Crippen LogP contribution in [0, 0.1) is 12.8 Å². The lowest BCUT2D eigenvalue weighted by molar-refractivity contribution is -0.137. The molecule has 4 heterocycles. The van der Waals surface area contributed by atoms with Crippen LogP contribution in [0.1, 0.15) is 33.8 Å². The molecule has 2 aromatic rings. The molecule has 0 aliphatic carbocycles. The van der Waals surface area contributed by atoms with E-state index in [0.717, 1.165) is 17.4 Å². The number of rotatable bonds is 4. The molecular formula is C21H25F3N6O3S. The van der Waals surface area contributed by atoms with Crippen molar-refractivity contribution in [3.05, 3.63) is 34.5 Å². The number of hydrogen-bond donors (Lipinski definition) is 2. The molecule has 0 radical (unpaired) electrons. The number of amides is 2. The van der Waals surface area contributed by atoms with E-state index in [1.165, 1.54) is 17.4 Å². The van der Waals surface area contributed by atoms with Crippen molar-refractivity contribution in [1.29, 1.82) is 0 Å². The molecule has 34 heavy (non-hydrogen) atoms. The Morgan fingerprint density at radius 2 is 1.79 bits per heavy atom. The third-order valence-corrected chi connectivity index (χ3v) is 7.05. The highest BCUT2D eigenvalue weighted by atomic mass is 32.1. The lowest BCUT2D eigenvalue weighted by Crippen LogP contribution is -2.47. The maximum absolute atomic E-state index is 12.7. The molecule has 13 heteroatoms. The van der Waals surface area contributed by atoms with Gasteiger partial charge in [-0.05, 0) is 31.9 Å². The van der Waals surface area contributed by atoms with E-state index >= 15 is 0 Å². The average molecular weight is 499 g/mol. The van der Waals surface area contributed by atoms with E-state index in [0.29, 0.717) is 68.6 Å². The second kappa shape index (κ2) is 10.1. The number of aromatic nitrogens is 2. The fourth-order valence-corrected chi connectivity index (χ4v) is 4.89. The van der Waals surface area contributed by atoms with E-state index in [4.69, 9.17) is 4.74 Å². The predicted molar refractivity (Wildman–Crippen MR) is 120 cm³/mol. The first kappa shape index (κ1) is 24.2. The molecule has 0 atom stereocenters.